The molecule has 1 nitrogen and oxygen atoms in total. The summed E-state index contributed by atoms with van der Waals surface area (Å²) in [7, 11) is 0. The molecule has 1 aliphatic carbocycles. The first-order chi connectivity index (χ1) is 30.3. The van der Waals surface area contributed by atoms with Crippen LogP contribution >= 0.6 is 0 Å². The van der Waals surface area contributed by atoms with Gasteiger partial charge in [-0.2, -0.15) is 0 Å². The van der Waals surface area contributed by atoms with Crippen LogP contribution in [0, 0.1) is 0 Å². The van der Waals surface area contributed by atoms with Crippen LogP contribution in [0.25, 0.3) is 54.6 Å². The summed E-state index contributed by atoms with van der Waals surface area (Å²) < 4.78 is 0. The standard InChI is InChI=1S/C61H49N/c1-60(2)51-20-12-11-19-48(51)47(49-33-28-44(37-53(49)60)39-15-7-5-8-16-39)32-25-41-23-24-42-27-34-50-55(35-29-43-26-31-46(41)58(42)59(43)50)62-56-22-14-13-21-52(56)61(3,4)54-38-45(30-36-57(54)62)40-17-9-6-10-18-40/h5-24,26-31,33-38,47H,25,32H2,1-4H3/t47-/m0/s1. The predicted octanol–water partition coefficient (Wildman–Crippen LogP) is 16.4. The molecule has 1 atom stereocenters. The summed E-state index contributed by atoms with van der Waals surface area (Å²) in [6.45, 7) is 9.59. The van der Waals surface area contributed by atoms with Crippen LogP contribution in [0.2, 0.25) is 0 Å². The molecule has 1 aliphatic heterocycles. The molecule has 1 heterocycles. The minimum atomic E-state index is -0.175. The minimum absolute atomic E-state index is 0.0900. The van der Waals surface area contributed by atoms with Gasteiger partial charge in [-0.05, 0) is 131 Å². The van der Waals surface area contributed by atoms with E-state index in [9.17, 15) is 0 Å². The van der Waals surface area contributed by atoms with Gasteiger partial charge in [-0.3, -0.25) is 0 Å². The zero-order valence-corrected chi connectivity index (χ0v) is 35.9. The lowest BCUT2D eigenvalue weighted by atomic mass is 9.64. The van der Waals surface area contributed by atoms with Gasteiger partial charge in [-0.1, -0.05) is 191 Å². The molecule has 10 aromatic rings. The molecule has 0 N–H and O–H groups in total. The first-order valence-electron chi connectivity index (χ1n) is 22.4. The van der Waals surface area contributed by atoms with Gasteiger partial charge in [-0.15, -0.1) is 0 Å². The second-order valence-corrected chi connectivity index (χ2v) is 18.8. The molecule has 0 aromatic heterocycles. The zero-order chi connectivity index (χ0) is 41.7. The number of benzene rings is 10. The Morgan fingerprint density at radius 1 is 0.387 bits per heavy atom. The molecule has 0 fully saturated rings. The fraction of sp³-hybridized carbons (Fsp3) is 0.148. The smallest absolute Gasteiger partial charge is 0.0540 e. The summed E-state index contributed by atoms with van der Waals surface area (Å²) in [5, 5.41) is 7.98. The Labute approximate surface area is 365 Å². The van der Waals surface area contributed by atoms with Crippen LogP contribution < -0.4 is 4.90 Å². The van der Waals surface area contributed by atoms with Gasteiger partial charge in [0.15, 0.2) is 0 Å². The molecular weight excluding hydrogens is 747 g/mol. The fourth-order valence-electron chi connectivity index (χ4n) is 11.5. The lowest BCUT2D eigenvalue weighted by Gasteiger charge is -2.42. The van der Waals surface area contributed by atoms with E-state index < -0.39 is 0 Å². The highest BCUT2D eigenvalue weighted by Gasteiger charge is 2.39. The van der Waals surface area contributed by atoms with Crippen molar-refractivity contribution < 1.29 is 0 Å². The third-order valence-electron chi connectivity index (χ3n) is 14.7. The molecule has 2 aliphatic rings. The number of nitrogens with zero attached hydrogens (tertiary/aromatic N) is 1. The maximum absolute atomic E-state index is 2.54. The lowest BCUT2D eigenvalue weighted by molar-refractivity contribution is 0.566. The van der Waals surface area contributed by atoms with E-state index in [1.807, 2.05) is 0 Å². The molecular formula is C61H49N. The maximum Gasteiger partial charge on any atom is 0.0540 e. The second kappa shape index (κ2) is 13.8. The Morgan fingerprint density at radius 3 is 1.65 bits per heavy atom. The third-order valence-corrected chi connectivity index (χ3v) is 14.7. The van der Waals surface area contributed by atoms with Gasteiger partial charge in [0.2, 0.25) is 0 Å². The first-order valence-corrected chi connectivity index (χ1v) is 22.4. The average molecular weight is 796 g/mol. The Bertz CT molecular complexity index is 3350. The molecule has 1 heteroatoms. The molecule has 298 valence electrons. The van der Waals surface area contributed by atoms with E-state index in [0.717, 1.165) is 12.8 Å². The molecule has 62 heavy (non-hydrogen) atoms. The van der Waals surface area contributed by atoms with Crippen molar-refractivity contribution in [2.24, 2.45) is 0 Å². The van der Waals surface area contributed by atoms with E-state index in [-0.39, 0.29) is 10.8 Å². The monoisotopic (exact) mass is 795 g/mol. The normalized spacial score (nSPS) is 15.9. The average Bonchev–Trinajstić information content (AvgIpc) is 3.32. The number of anilines is 3. The van der Waals surface area contributed by atoms with Gasteiger partial charge in [-0.25, -0.2) is 0 Å². The van der Waals surface area contributed by atoms with Gasteiger partial charge in [0.05, 0.1) is 17.1 Å². The topological polar surface area (TPSA) is 3.24 Å². The highest BCUT2D eigenvalue weighted by molar-refractivity contribution is 6.26. The van der Waals surface area contributed by atoms with E-state index in [1.165, 1.54) is 111 Å². The molecule has 0 radical (unpaired) electrons. The van der Waals surface area contributed by atoms with Crippen LogP contribution in [-0.2, 0) is 17.3 Å². The van der Waals surface area contributed by atoms with Gasteiger partial charge >= 0.3 is 0 Å². The van der Waals surface area contributed by atoms with Crippen LogP contribution in [0.5, 0.6) is 0 Å². The number of hydrogen-bond donors (Lipinski definition) is 0. The Morgan fingerprint density at radius 2 is 0.903 bits per heavy atom. The van der Waals surface area contributed by atoms with E-state index >= 15 is 0 Å². The Balaban J connectivity index is 0.977. The van der Waals surface area contributed by atoms with Crippen molar-refractivity contribution >= 4 is 49.4 Å². The molecule has 0 spiro atoms. The summed E-state index contributed by atoms with van der Waals surface area (Å²) in [6, 6.07) is 73.2. The molecule has 12 rings (SSSR count). The quantitative estimate of drug-likeness (QED) is 0.152. The van der Waals surface area contributed by atoms with Crippen molar-refractivity contribution in [2.45, 2.75) is 57.3 Å². The largest absolute Gasteiger partial charge is 0.309 e. The summed E-state index contributed by atoms with van der Waals surface area (Å²) in [6.07, 6.45) is 2.04. The van der Waals surface area contributed by atoms with Crippen LogP contribution in [0.1, 0.15) is 79.0 Å². The summed E-state index contributed by atoms with van der Waals surface area (Å²) in [4.78, 5) is 2.54. The number of hydrogen-bond acceptors (Lipinski definition) is 1. The van der Waals surface area contributed by atoms with Gasteiger partial charge in [0, 0.05) is 22.1 Å². The van der Waals surface area contributed by atoms with Crippen molar-refractivity contribution in [3.8, 4) is 22.3 Å². The Hall–Kier alpha value is -6.96. The molecule has 0 amide bonds. The van der Waals surface area contributed by atoms with Crippen LogP contribution in [-0.4, -0.2) is 0 Å². The number of para-hydroxylation sites is 1. The number of rotatable bonds is 6. The number of fused-ring (bicyclic) bond motifs is 4. The van der Waals surface area contributed by atoms with Crippen molar-refractivity contribution in [3.63, 3.8) is 0 Å². The van der Waals surface area contributed by atoms with Gasteiger partial charge < -0.3 is 4.90 Å². The summed E-state index contributed by atoms with van der Waals surface area (Å²) in [5.41, 5.74) is 18.5. The van der Waals surface area contributed by atoms with E-state index in [4.69, 9.17) is 0 Å². The fourth-order valence-corrected chi connectivity index (χ4v) is 11.5. The maximum atomic E-state index is 2.54. The lowest BCUT2D eigenvalue weighted by Crippen LogP contribution is -2.30. The van der Waals surface area contributed by atoms with E-state index in [1.54, 1.807) is 0 Å². The molecule has 0 saturated heterocycles. The van der Waals surface area contributed by atoms with E-state index in [0.29, 0.717) is 5.92 Å². The highest BCUT2D eigenvalue weighted by Crippen LogP contribution is 2.55. The van der Waals surface area contributed by atoms with Crippen LogP contribution in [0.4, 0.5) is 17.1 Å². The number of aryl methyl sites for hydroxylation is 1. The molecule has 0 unspecified atom stereocenters. The van der Waals surface area contributed by atoms with Crippen molar-refractivity contribution in [2.75, 3.05) is 4.90 Å². The third kappa shape index (κ3) is 5.47. The van der Waals surface area contributed by atoms with Crippen LogP contribution in [0.15, 0.2) is 194 Å². The van der Waals surface area contributed by atoms with E-state index in [2.05, 4.69) is 227 Å². The summed E-state index contributed by atoms with van der Waals surface area (Å²) in [5.74, 6) is 0.315. The Kier molecular flexibility index (Phi) is 8.19. The van der Waals surface area contributed by atoms with Gasteiger partial charge in [0.1, 0.15) is 0 Å². The molecule has 0 saturated carbocycles. The molecule has 0 bridgehead atoms. The first kappa shape index (κ1) is 36.9. The van der Waals surface area contributed by atoms with Crippen LogP contribution in [0.3, 0.4) is 0 Å². The van der Waals surface area contributed by atoms with Crippen molar-refractivity contribution in [1.29, 1.82) is 0 Å². The second-order valence-electron chi connectivity index (χ2n) is 18.8. The SMILES string of the molecule is CC1(C)c2ccccc2[C@H](CCc2ccc3ccc4c(N5c6ccccc6C(C)(C)c6cc(-c7ccccc7)ccc65)ccc5ccc2c3c54)c2ccc(-c3ccccc3)cc21. The molecule has 10 aromatic carbocycles. The van der Waals surface area contributed by atoms with Crippen molar-refractivity contribution in [1.82, 2.24) is 0 Å². The van der Waals surface area contributed by atoms with Gasteiger partial charge in [0.25, 0.3) is 0 Å². The summed E-state index contributed by atoms with van der Waals surface area (Å²) >= 11 is 0. The van der Waals surface area contributed by atoms with Crippen molar-refractivity contribution in [3.05, 3.63) is 233 Å². The highest BCUT2D eigenvalue weighted by atomic mass is 15.2. The minimum Gasteiger partial charge on any atom is -0.309 e. The predicted molar refractivity (Wildman–Crippen MR) is 263 cm³/mol. The zero-order valence-electron chi connectivity index (χ0n) is 35.9.